The lowest BCUT2D eigenvalue weighted by atomic mass is 10.0. The van der Waals surface area contributed by atoms with E-state index in [0.717, 1.165) is 5.56 Å². The number of benzene rings is 2. The first-order chi connectivity index (χ1) is 12.1. The molecule has 0 saturated carbocycles. The van der Waals surface area contributed by atoms with Gasteiger partial charge in [0.2, 0.25) is 5.91 Å². The van der Waals surface area contributed by atoms with Crippen molar-refractivity contribution < 1.29 is 19.1 Å². The normalized spacial score (nSPS) is 11.5. The Bertz CT molecular complexity index is 703. The Balaban J connectivity index is 2.38. The summed E-state index contributed by atoms with van der Waals surface area (Å²) in [5.74, 6) is -0.377. The number of carbonyl (C=O) groups excluding carboxylic acids is 2. The van der Waals surface area contributed by atoms with E-state index in [1.807, 2.05) is 30.3 Å². The molecule has 0 radical (unpaired) electrons. The molecule has 1 atom stereocenters. The molecule has 0 fully saturated rings. The zero-order chi connectivity index (χ0) is 18.2. The van der Waals surface area contributed by atoms with Crippen molar-refractivity contribution in [1.82, 2.24) is 4.90 Å². The average Bonchev–Trinajstić information content (AvgIpc) is 2.68. The molecule has 0 spiro atoms. The van der Waals surface area contributed by atoms with Crippen molar-refractivity contribution >= 4 is 23.5 Å². The van der Waals surface area contributed by atoms with Gasteiger partial charge in [0.15, 0.2) is 6.04 Å². The third kappa shape index (κ3) is 4.73. The van der Waals surface area contributed by atoms with Crippen molar-refractivity contribution in [3.05, 3.63) is 65.7 Å². The summed E-state index contributed by atoms with van der Waals surface area (Å²) in [5.41, 5.74) is 1.52. The van der Waals surface area contributed by atoms with Crippen molar-refractivity contribution in [2.75, 3.05) is 20.1 Å². The van der Waals surface area contributed by atoms with Crippen LogP contribution < -0.4 is 4.74 Å². The maximum absolute atomic E-state index is 12.4. The van der Waals surface area contributed by atoms with Crippen LogP contribution in [0.15, 0.2) is 54.6 Å². The van der Waals surface area contributed by atoms with E-state index < -0.39 is 12.0 Å². The molecule has 1 amide bonds. The lowest BCUT2D eigenvalue weighted by molar-refractivity contribution is -0.153. The minimum atomic E-state index is -0.862. The van der Waals surface area contributed by atoms with E-state index in [2.05, 4.69) is 0 Å². The van der Waals surface area contributed by atoms with Gasteiger partial charge in [-0.15, -0.1) is 11.6 Å². The zero-order valence-electron chi connectivity index (χ0n) is 14.1. The minimum absolute atomic E-state index is 0.226. The van der Waals surface area contributed by atoms with Gasteiger partial charge in [-0.3, -0.25) is 4.79 Å². The monoisotopic (exact) mass is 361 g/mol. The molecule has 2 rings (SSSR count). The summed E-state index contributed by atoms with van der Waals surface area (Å²) in [4.78, 5) is 26.2. The number of methoxy groups -OCH3 is 2. The second kappa shape index (κ2) is 9.08. The number of amides is 1. The highest BCUT2D eigenvalue weighted by molar-refractivity contribution is 6.27. The van der Waals surface area contributed by atoms with Crippen molar-refractivity contribution in [2.24, 2.45) is 0 Å². The van der Waals surface area contributed by atoms with Gasteiger partial charge in [-0.2, -0.15) is 0 Å². The van der Waals surface area contributed by atoms with Crippen LogP contribution in [0.1, 0.15) is 17.2 Å². The number of hydrogen-bond acceptors (Lipinski definition) is 4. The Labute approximate surface area is 152 Å². The SMILES string of the molecule is COC(=O)[C@H](c1ccccc1)N(Cc1ccc(OC)cc1)C(=O)CCl. The van der Waals surface area contributed by atoms with Crippen LogP contribution in [-0.4, -0.2) is 36.9 Å². The lowest BCUT2D eigenvalue weighted by Crippen LogP contribution is -2.39. The smallest absolute Gasteiger partial charge is 0.333 e. The summed E-state index contributed by atoms with van der Waals surface area (Å²) in [6.45, 7) is 0.226. The molecular weight excluding hydrogens is 342 g/mol. The Kier molecular flexibility index (Phi) is 6.83. The summed E-state index contributed by atoms with van der Waals surface area (Å²) in [5, 5.41) is 0. The van der Waals surface area contributed by atoms with E-state index in [1.54, 1.807) is 31.4 Å². The maximum Gasteiger partial charge on any atom is 0.333 e. The molecule has 0 aliphatic heterocycles. The average molecular weight is 362 g/mol. The van der Waals surface area contributed by atoms with Crippen LogP contribution in [0.25, 0.3) is 0 Å². The predicted octanol–water partition coefficient (Wildman–Crippen LogP) is 3.18. The molecule has 5 nitrogen and oxygen atoms in total. The summed E-state index contributed by atoms with van der Waals surface area (Å²) in [7, 11) is 2.88. The second-order valence-electron chi connectivity index (χ2n) is 5.34. The first-order valence-electron chi connectivity index (χ1n) is 7.71. The molecule has 0 aliphatic carbocycles. The summed E-state index contributed by atoms with van der Waals surface area (Å²) < 4.78 is 10.1. The van der Waals surface area contributed by atoms with Gasteiger partial charge in [0.05, 0.1) is 14.2 Å². The summed E-state index contributed by atoms with van der Waals surface area (Å²) >= 11 is 5.78. The Hall–Kier alpha value is -2.53. The molecule has 132 valence electrons. The highest BCUT2D eigenvalue weighted by Crippen LogP contribution is 2.25. The number of ether oxygens (including phenoxy) is 2. The fourth-order valence-electron chi connectivity index (χ4n) is 2.52. The topological polar surface area (TPSA) is 55.8 Å². The van der Waals surface area contributed by atoms with E-state index in [1.165, 1.54) is 12.0 Å². The van der Waals surface area contributed by atoms with Gasteiger partial charge in [0.25, 0.3) is 0 Å². The van der Waals surface area contributed by atoms with Gasteiger partial charge in [-0.1, -0.05) is 42.5 Å². The molecular formula is C19H20ClNO4. The van der Waals surface area contributed by atoms with E-state index in [-0.39, 0.29) is 18.3 Å². The highest BCUT2D eigenvalue weighted by Gasteiger charge is 2.31. The number of alkyl halides is 1. The van der Waals surface area contributed by atoms with Crippen LogP contribution in [0.2, 0.25) is 0 Å². The molecule has 0 unspecified atom stereocenters. The number of esters is 1. The van der Waals surface area contributed by atoms with Crippen molar-refractivity contribution in [3.63, 3.8) is 0 Å². The Morgan fingerprint density at radius 3 is 2.20 bits per heavy atom. The molecule has 2 aromatic rings. The fraction of sp³-hybridized carbons (Fsp3) is 0.263. The van der Waals surface area contributed by atoms with Crippen LogP contribution in [0.4, 0.5) is 0 Å². The van der Waals surface area contributed by atoms with Gasteiger partial charge in [-0.05, 0) is 23.3 Å². The molecule has 0 bridgehead atoms. The van der Waals surface area contributed by atoms with Crippen LogP contribution in [0.3, 0.4) is 0 Å². The Morgan fingerprint density at radius 2 is 1.68 bits per heavy atom. The number of rotatable bonds is 7. The third-order valence-electron chi connectivity index (χ3n) is 3.80. The first-order valence-corrected chi connectivity index (χ1v) is 8.25. The maximum atomic E-state index is 12.4. The van der Waals surface area contributed by atoms with Gasteiger partial charge >= 0.3 is 5.97 Å². The highest BCUT2D eigenvalue weighted by atomic mass is 35.5. The number of hydrogen-bond donors (Lipinski definition) is 0. The van der Waals surface area contributed by atoms with Gasteiger partial charge in [-0.25, -0.2) is 4.79 Å². The summed E-state index contributed by atoms with van der Waals surface area (Å²) in [6, 6.07) is 15.4. The Morgan fingerprint density at radius 1 is 1.04 bits per heavy atom. The fourth-order valence-corrected chi connectivity index (χ4v) is 2.67. The van der Waals surface area contributed by atoms with Gasteiger partial charge < -0.3 is 14.4 Å². The second-order valence-corrected chi connectivity index (χ2v) is 5.61. The van der Waals surface area contributed by atoms with Crippen LogP contribution in [-0.2, 0) is 20.9 Å². The quantitative estimate of drug-likeness (QED) is 0.561. The predicted molar refractivity (Wildman–Crippen MR) is 95.5 cm³/mol. The minimum Gasteiger partial charge on any atom is -0.497 e. The van der Waals surface area contributed by atoms with E-state index >= 15 is 0 Å². The van der Waals surface area contributed by atoms with Crippen LogP contribution in [0, 0.1) is 0 Å². The lowest BCUT2D eigenvalue weighted by Gasteiger charge is -2.30. The molecule has 2 aromatic carbocycles. The molecule has 25 heavy (non-hydrogen) atoms. The standard InChI is InChI=1S/C19H20ClNO4/c1-24-16-10-8-14(9-11-16)13-21(17(22)12-20)18(19(23)25-2)15-6-4-3-5-7-15/h3-11,18H,12-13H2,1-2H3/t18-/m0/s1. The molecule has 0 aliphatic rings. The summed E-state index contributed by atoms with van der Waals surface area (Å²) in [6.07, 6.45) is 0. The third-order valence-corrected chi connectivity index (χ3v) is 4.03. The van der Waals surface area contributed by atoms with Crippen LogP contribution in [0.5, 0.6) is 5.75 Å². The largest absolute Gasteiger partial charge is 0.497 e. The molecule has 0 saturated heterocycles. The van der Waals surface area contributed by atoms with E-state index in [0.29, 0.717) is 11.3 Å². The zero-order valence-corrected chi connectivity index (χ0v) is 14.9. The molecule has 6 heteroatoms. The van der Waals surface area contributed by atoms with Crippen molar-refractivity contribution in [1.29, 1.82) is 0 Å². The number of halogens is 1. The van der Waals surface area contributed by atoms with Gasteiger partial charge in [0.1, 0.15) is 11.6 Å². The first kappa shape index (κ1) is 18.8. The molecule has 0 N–H and O–H groups in total. The van der Waals surface area contributed by atoms with E-state index in [9.17, 15) is 9.59 Å². The molecule has 0 aromatic heterocycles. The number of nitrogens with zero attached hydrogens (tertiary/aromatic N) is 1. The van der Waals surface area contributed by atoms with Gasteiger partial charge in [0, 0.05) is 6.54 Å². The number of carbonyl (C=O) groups is 2. The van der Waals surface area contributed by atoms with Crippen molar-refractivity contribution in [3.8, 4) is 5.75 Å². The van der Waals surface area contributed by atoms with Crippen molar-refractivity contribution in [2.45, 2.75) is 12.6 Å². The van der Waals surface area contributed by atoms with E-state index in [4.69, 9.17) is 21.1 Å². The van der Waals surface area contributed by atoms with Crippen LogP contribution >= 0.6 is 11.6 Å². The molecule has 0 heterocycles.